The van der Waals surface area contributed by atoms with E-state index in [0.717, 1.165) is 33.1 Å². The first kappa shape index (κ1) is 16.1. The lowest BCUT2D eigenvalue weighted by atomic mass is 10.1. The fourth-order valence-electron chi connectivity index (χ4n) is 3.17. The van der Waals surface area contributed by atoms with Crippen LogP contribution in [0.2, 0.25) is 0 Å². The number of amides is 1. The summed E-state index contributed by atoms with van der Waals surface area (Å²) in [5, 5.41) is 16.2. The molecule has 0 saturated carbocycles. The number of benzene rings is 1. The zero-order chi connectivity index (χ0) is 18.3. The molecule has 132 valence electrons. The van der Waals surface area contributed by atoms with Crippen molar-refractivity contribution in [2.75, 3.05) is 5.73 Å². The highest BCUT2D eigenvalue weighted by Crippen LogP contribution is 2.29. The quantitative estimate of drug-likeness (QED) is 0.522. The second-order valence-electron chi connectivity index (χ2n) is 6.41. The van der Waals surface area contributed by atoms with Crippen molar-refractivity contribution in [1.82, 2.24) is 30.3 Å². The third-order valence-electron chi connectivity index (χ3n) is 4.25. The molecule has 0 spiro atoms. The number of H-pyrrole nitrogens is 1. The number of anilines is 1. The van der Waals surface area contributed by atoms with Crippen LogP contribution in [0.3, 0.4) is 0 Å². The fraction of sp³-hybridized carbons (Fsp3) is 0.222. The first-order valence-electron chi connectivity index (χ1n) is 8.34. The minimum atomic E-state index is -0.0628. The molecule has 0 aliphatic carbocycles. The maximum Gasteiger partial charge on any atom is 0.217 e. The number of nitrogens with zero attached hydrogens (tertiary/aromatic N) is 4. The van der Waals surface area contributed by atoms with Crippen LogP contribution in [0.5, 0.6) is 0 Å². The van der Waals surface area contributed by atoms with Crippen molar-refractivity contribution in [1.29, 1.82) is 0 Å². The highest BCUT2D eigenvalue weighted by atomic mass is 16.1. The summed E-state index contributed by atoms with van der Waals surface area (Å²) in [6, 6.07) is 7.84. The van der Waals surface area contributed by atoms with E-state index < -0.39 is 0 Å². The second kappa shape index (κ2) is 6.14. The van der Waals surface area contributed by atoms with Crippen LogP contribution >= 0.6 is 0 Å². The van der Waals surface area contributed by atoms with E-state index in [4.69, 9.17) is 5.73 Å². The highest BCUT2D eigenvalue weighted by molar-refractivity contribution is 6.08. The van der Waals surface area contributed by atoms with E-state index >= 15 is 0 Å². The van der Waals surface area contributed by atoms with Gasteiger partial charge < -0.3 is 11.1 Å². The number of nitrogens with two attached hydrogens (primary N) is 1. The maximum atomic E-state index is 11.2. The van der Waals surface area contributed by atoms with Crippen molar-refractivity contribution in [3.05, 3.63) is 36.7 Å². The zero-order valence-electron chi connectivity index (χ0n) is 14.5. The largest absolute Gasteiger partial charge is 0.383 e. The van der Waals surface area contributed by atoms with Crippen LogP contribution in [0.4, 0.5) is 5.82 Å². The SMILES string of the molecule is CC(=O)NC(C)Cn1cc2c(N)nc3cc(-c4ccn[nH]4)ccc3c2n1. The van der Waals surface area contributed by atoms with E-state index in [2.05, 4.69) is 25.6 Å². The van der Waals surface area contributed by atoms with Gasteiger partial charge in [-0.3, -0.25) is 14.6 Å². The lowest BCUT2D eigenvalue weighted by molar-refractivity contribution is -0.119. The van der Waals surface area contributed by atoms with Crippen LogP contribution in [0.15, 0.2) is 36.7 Å². The standard InChI is InChI=1S/C18H19N7O/c1-10(21-11(2)26)8-25-9-14-17(24-25)13-4-3-12(15-5-6-20-23-15)7-16(13)22-18(14)19/h3-7,9-10H,8H2,1-2H3,(H2,19,22)(H,20,23)(H,21,26). The van der Waals surface area contributed by atoms with Crippen LogP contribution < -0.4 is 11.1 Å². The number of aromatic amines is 1. The Morgan fingerprint density at radius 1 is 1.35 bits per heavy atom. The van der Waals surface area contributed by atoms with Crippen molar-refractivity contribution >= 4 is 33.5 Å². The minimum absolute atomic E-state index is 0.0331. The second-order valence-corrected chi connectivity index (χ2v) is 6.41. The molecule has 8 nitrogen and oxygen atoms in total. The Kier molecular flexibility index (Phi) is 3.80. The molecule has 8 heteroatoms. The summed E-state index contributed by atoms with van der Waals surface area (Å²) in [5.41, 5.74) is 9.65. The van der Waals surface area contributed by atoms with E-state index in [1.807, 2.05) is 37.4 Å². The van der Waals surface area contributed by atoms with Gasteiger partial charge in [0.05, 0.1) is 23.1 Å². The molecular formula is C18H19N7O. The average molecular weight is 349 g/mol. The maximum absolute atomic E-state index is 11.2. The third kappa shape index (κ3) is 2.85. The van der Waals surface area contributed by atoms with Crippen molar-refractivity contribution in [2.45, 2.75) is 26.4 Å². The predicted molar refractivity (Wildman–Crippen MR) is 100 cm³/mol. The molecule has 3 heterocycles. The molecule has 0 aliphatic heterocycles. The molecule has 4 rings (SSSR count). The Bertz CT molecular complexity index is 1100. The van der Waals surface area contributed by atoms with Crippen molar-refractivity contribution in [3.8, 4) is 11.3 Å². The number of hydrogen-bond acceptors (Lipinski definition) is 5. The Balaban J connectivity index is 1.78. The molecule has 0 aliphatic rings. The molecule has 0 bridgehead atoms. The summed E-state index contributed by atoms with van der Waals surface area (Å²) in [6.07, 6.45) is 3.58. The lowest BCUT2D eigenvalue weighted by Crippen LogP contribution is -2.34. The highest BCUT2D eigenvalue weighted by Gasteiger charge is 2.13. The van der Waals surface area contributed by atoms with Crippen molar-refractivity contribution in [2.24, 2.45) is 0 Å². The number of nitrogen functional groups attached to an aromatic ring is 1. The predicted octanol–water partition coefficient (Wildman–Crippen LogP) is 2.08. The summed E-state index contributed by atoms with van der Waals surface area (Å²) in [5.74, 6) is 0.375. The van der Waals surface area contributed by atoms with Gasteiger partial charge in [-0.25, -0.2) is 4.98 Å². The molecule has 1 aromatic carbocycles. The number of nitrogens with one attached hydrogen (secondary N) is 2. The van der Waals surface area contributed by atoms with Gasteiger partial charge in [0.15, 0.2) is 0 Å². The molecule has 1 unspecified atom stereocenters. The monoisotopic (exact) mass is 349 g/mol. The molecule has 4 aromatic rings. The summed E-state index contributed by atoms with van der Waals surface area (Å²) in [7, 11) is 0. The van der Waals surface area contributed by atoms with Gasteiger partial charge in [-0.1, -0.05) is 6.07 Å². The minimum Gasteiger partial charge on any atom is -0.383 e. The molecule has 3 aromatic heterocycles. The van der Waals surface area contributed by atoms with Gasteiger partial charge in [-0.05, 0) is 25.1 Å². The van der Waals surface area contributed by atoms with Crippen LogP contribution in [0, 0.1) is 0 Å². The Morgan fingerprint density at radius 2 is 2.19 bits per heavy atom. The molecular weight excluding hydrogens is 330 g/mol. The van der Waals surface area contributed by atoms with Crippen molar-refractivity contribution < 1.29 is 4.79 Å². The Morgan fingerprint density at radius 3 is 2.92 bits per heavy atom. The van der Waals surface area contributed by atoms with E-state index in [0.29, 0.717) is 12.4 Å². The molecule has 1 amide bonds. The van der Waals surface area contributed by atoms with Gasteiger partial charge in [-0.2, -0.15) is 10.2 Å². The number of pyridine rings is 1. The topological polar surface area (TPSA) is 115 Å². The molecule has 26 heavy (non-hydrogen) atoms. The first-order chi connectivity index (χ1) is 12.5. The molecule has 0 radical (unpaired) electrons. The fourth-order valence-corrected chi connectivity index (χ4v) is 3.17. The van der Waals surface area contributed by atoms with Gasteiger partial charge in [-0.15, -0.1) is 0 Å². The van der Waals surface area contributed by atoms with Crippen LogP contribution in [0.1, 0.15) is 13.8 Å². The average Bonchev–Trinajstić information content (AvgIpc) is 3.23. The Hall–Kier alpha value is -3.42. The van der Waals surface area contributed by atoms with E-state index in [9.17, 15) is 4.79 Å². The van der Waals surface area contributed by atoms with Gasteiger partial charge >= 0.3 is 0 Å². The summed E-state index contributed by atoms with van der Waals surface area (Å²) < 4.78 is 1.80. The number of hydrogen-bond donors (Lipinski definition) is 3. The molecule has 0 saturated heterocycles. The summed E-state index contributed by atoms with van der Waals surface area (Å²) in [6.45, 7) is 3.99. The van der Waals surface area contributed by atoms with E-state index in [-0.39, 0.29) is 11.9 Å². The number of carbonyl (C=O) groups excluding carboxylic acids is 1. The lowest BCUT2D eigenvalue weighted by Gasteiger charge is -2.11. The van der Waals surface area contributed by atoms with Gasteiger partial charge in [0, 0.05) is 36.3 Å². The smallest absolute Gasteiger partial charge is 0.217 e. The number of aromatic nitrogens is 5. The number of fused-ring (bicyclic) bond motifs is 3. The summed E-state index contributed by atoms with van der Waals surface area (Å²) >= 11 is 0. The number of carbonyl (C=O) groups is 1. The molecule has 1 atom stereocenters. The molecule has 4 N–H and O–H groups in total. The number of rotatable bonds is 4. The van der Waals surface area contributed by atoms with Gasteiger partial charge in [0.2, 0.25) is 5.91 Å². The van der Waals surface area contributed by atoms with Crippen molar-refractivity contribution in [3.63, 3.8) is 0 Å². The van der Waals surface area contributed by atoms with E-state index in [1.54, 1.807) is 10.9 Å². The van der Waals surface area contributed by atoms with Crippen LogP contribution in [-0.2, 0) is 11.3 Å². The normalized spacial score (nSPS) is 12.5. The van der Waals surface area contributed by atoms with Gasteiger partial charge in [0.1, 0.15) is 11.3 Å². The van der Waals surface area contributed by atoms with E-state index in [1.165, 1.54) is 6.92 Å². The summed E-state index contributed by atoms with van der Waals surface area (Å²) in [4.78, 5) is 15.7. The Labute approximate surface area is 149 Å². The zero-order valence-corrected chi connectivity index (χ0v) is 14.5. The van der Waals surface area contributed by atoms with Crippen LogP contribution in [-0.4, -0.2) is 36.9 Å². The van der Waals surface area contributed by atoms with Crippen LogP contribution in [0.25, 0.3) is 33.1 Å². The molecule has 0 fully saturated rings. The first-order valence-corrected chi connectivity index (χ1v) is 8.34. The third-order valence-corrected chi connectivity index (χ3v) is 4.25. The van der Waals surface area contributed by atoms with Gasteiger partial charge in [0.25, 0.3) is 0 Å².